The van der Waals surface area contributed by atoms with Crippen LogP contribution in [-0.2, 0) is 39.9 Å². The highest BCUT2D eigenvalue weighted by Crippen LogP contribution is 2.28. The quantitative estimate of drug-likeness (QED) is 0.0804. The van der Waals surface area contributed by atoms with E-state index in [1.54, 1.807) is 5.51 Å². The van der Waals surface area contributed by atoms with Crippen molar-refractivity contribution in [2.75, 3.05) is 65.9 Å². The molecule has 3 rings (SSSR count). The summed E-state index contributed by atoms with van der Waals surface area (Å²) >= 11 is 1.54. The Bertz CT molecular complexity index is 1360. The highest BCUT2D eigenvalue weighted by Gasteiger charge is 2.41. The molecule has 3 amide bonds. The number of aryl methyl sites for hydroxylation is 1. The number of carbonyl (C=O) groups excluding carboxylic acids is 3. The second-order valence-corrected chi connectivity index (χ2v) is 13.1. The molecule has 1 saturated heterocycles. The van der Waals surface area contributed by atoms with Crippen LogP contribution in [0.2, 0.25) is 0 Å². The molecule has 0 saturated carbocycles. The monoisotopic (exact) mass is 689 g/mol. The first-order valence-electron chi connectivity index (χ1n) is 15.9. The number of amides is 3. The van der Waals surface area contributed by atoms with Crippen molar-refractivity contribution in [2.24, 2.45) is 10.5 Å². The fraction of sp³-hybridized carbons (Fsp3) is 0.625. The lowest BCUT2D eigenvalue weighted by Gasteiger charge is -2.35. The standard InChI is InChI=1S/C32H47N7O8S/c1-22-28(48-21-35-22)24-7-5-23(6-8-24)19-39(30(42)26-17-25(40)18-34-26)31(43)29(32(2,3)4)37-27(41)20-47-16-15-46-14-13-45-12-11-44-10-9-36-38-33/h5-8,21,25-26,29,34,40H,9-20H2,1-4H3,(H,37,41)/t25-,26+,29-/m1/s1. The molecule has 48 heavy (non-hydrogen) atoms. The van der Waals surface area contributed by atoms with Gasteiger partial charge >= 0.3 is 0 Å². The van der Waals surface area contributed by atoms with E-state index in [-0.39, 0.29) is 45.9 Å². The number of nitrogens with one attached hydrogen (secondary N) is 2. The van der Waals surface area contributed by atoms with Gasteiger partial charge in [0.15, 0.2) is 0 Å². The van der Waals surface area contributed by atoms with Gasteiger partial charge in [-0.1, -0.05) is 50.2 Å². The number of thiazole rings is 1. The first-order chi connectivity index (χ1) is 23.0. The molecule has 16 heteroatoms. The summed E-state index contributed by atoms with van der Waals surface area (Å²) in [4.78, 5) is 49.9. The van der Waals surface area contributed by atoms with E-state index in [2.05, 4.69) is 25.6 Å². The molecule has 1 aromatic heterocycles. The van der Waals surface area contributed by atoms with E-state index in [0.717, 1.165) is 21.7 Å². The van der Waals surface area contributed by atoms with Gasteiger partial charge in [-0.3, -0.25) is 19.3 Å². The van der Waals surface area contributed by atoms with E-state index < -0.39 is 41.3 Å². The molecule has 3 N–H and O–H groups in total. The summed E-state index contributed by atoms with van der Waals surface area (Å²) in [5, 5.41) is 19.2. The lowest BCUT2D eigenvalue weighted by atomic mass is 9.85. The number of azide groups is 1. The Morgan fingerprint density at radius 3 is 2.25 bits per heavy atom. The fourth-order valence-corrected chi connectivity index (χ4v) is 5.67. The molecule has 1 aliphatic heterocycles. The molecule has 3 atom stereocenters. The Balaban J connectivity index is 1.52. The zero-order valence-electron chi connectivity index (χ0n) is 28.1. The van der Waals surface area contributed by atoms with Crippen LogP contribution in [0.3, 0.4) is 0 Å². The van der Waals surface area contributed by atoms with E-state index in [1.165, 1.54) is 16.2 Å². The molecule has 2 heterocycles. The molecule has 0 spiro atoms. The minimum absolute atomic E-state index is 0.00164. The molecule has 1 aliphatic rings. The SMILES string of the molecule is Cc1ncsc1-c1ccc(CN(C(=O)[C@@H]2C[C@@H](O)CN2)C(=O)[C@@H](NC(=O)COCCOCCOCCOCCN=[N+]=[N-])C(C)(C)C)cc1. The Morgan fingerprint density at radius 2 is 1.71 bits per heavy atom. The average molecular weight is 690 g/mol. The Labute approximate surface area is 284 Å². The van der Waals surface area contributed by atoms with E-state index in [0.29, 0.717) is 33.0 Å². The Morgan fingerprint density at radius 1 is 1.08 bits per heavy atom. The largest absolute Gasteiger partial charge is 0.392 e. The molecule has 0 aliphatic carbocycles. The summed E-state index contributed by atoms with van der Waals surface area (Å²) in [6.45, 7) is 9.80. The number of hydrogen-bond acceptors (Lipinski definition) is 12. The molecule has 15 nitrogen and oxygen atoms in total. The summed E-state index contributed by atoms with van der Waals surface area (Å²) in [7, 11) is 0. The number of aliphatic hydroxyl groups excluding tert-OH is 1. The minimum atomic E-state index is -1.03. The smallest absolute Gasteiger partial charge is 0.252 e. The predicted octanol–water partition coefficient (Wildman–Crippen LogP) is 2.60. The van der Waals surface area contributed by atoms with Crippen LogP contribution in [0.15, 0.2) is 34.9 Å². The molecular weight excluding hydrogens is 642 g/mol. The number of hydrogen-bond donors (Lipinski definition) is 3. The summed E-state index contributed by atoms with van der Waals surface area (Å²) in [5.41, 5.74) is 11.9. The predicted molar refractivity (Wildman–Crippen MR) is 179 cm³/mol. The van der Waals surface area contributed by atoms with Gasteiger partial charge in [-0.05, 0) is 35.4 Å². The van der Waals surface area contributed by atoms with Crippen LogP contribution < -0.4 is 10.6 Å². The van der Waals surface area contributed by atoms with Gasteiger partial charge in [0, 0.05) is 18.0 Å². The summed E-state index contributed by atoms with van der Waals surface area (Å²) in [6, 6.07) is 5.86. The summed E-state index contributed by atoms with van der Waals surface area (Å²) < 4.78 is 21.5. The van der Waals surface area contributed by atoms with Crippen molar-refractivity contribution >= 4 is 29.1 Å². The maximum absolute atomic E-state index is 14.1. The Hall–Kier alpha value is -3.47. The number of nitrogens with zero attached hydrogens (tertiary/aromatic N) is 5. The first-order valence-corrected chi connectivity index (χ1v) is 16.8. The second kappa shape index (κ2) is 20.1. The van der Waals surface area contributed by atoms with E-state index in [4.69, 9.17) is 24.5 Å². The van der Waals surface area contributed by atoms with Crippen LogP contribution in [0.4, 0.5) is 0 Å². The third-order valence-corrected chi connectivity index (χ3v) is 8.38. The topological polar surface area (TPSA) is 197 Å². The number of ether oxygens (including phenoxy) is 4. The number of β-amino-alcohol motifs (C(OH)–C–C–N with tert-alkyl or cyclic N) is 1. The zero-order valence-corrected chi connectivity index (χ0v) is 28.9. The van der Waals surface area contributed by atoms with E-state index in [9.17, 15) is 19.5 Å². The molecule has 0 radical (unpaired) electrons. The van der Waals surface area contributed by atoms with Crippen LogP contribution in [0.5, 0.6) is 0 Å². The van der Waals surface area contributed by atoms with Crippen molar-refractivity contribution in [3.05, 3.63) is 51.5 Å². The number of carbonyl (C=O) groups is 3. The third-order valence-electron chi connectivity index (χ3n) is 7.41. The molecule has 0 bridgehead atoms. The van der Waals surface area contributed by atoms with Crippen LogP contribution in [0.25, 0.3) is 20.9 Å². The highest BCUT2D eigenvalue weighted by atomic mass is 32.1. The van der Waals surface area contributed by atoms with E-state index >= 15 is 0 Å². The molecule has 264 valence electrons. The van der Waals surface area contributed by atoms with Crippen LogP contribution >= 0.6 is 11.3 Å². The van der Waals surface area contributed by atoms with Gasteiger partial charge in [-0.25, -0.2) is 4.98 Å². The van der Waals surface area contributed by atoms with Gasteiger partial charge in [0.25, 0.3) is 5.91 Å². The number of aromatic nitrogens is 1. The van der Waals surface area contributed by atoms with Crippen LogP contribution in [0, 0.1) is 12.3 Å². The molecule has 2 aromatic rings. The van der Waals surface area contributed by atoms with E-state index in [1.807, 2.05) is 52.0 Å². The lowest BCUT2D eigenvalue weighted by Crippen LogP contribution is -2.58. The molecule has 1 aromatic carbocycles. The van der Waals surface area contributed by atoms with Crippen LogP contribution in [-0.4, -0.2) is 117 Å². The fourth-order valence-electron chi connectivity index (χ4n) is 4.86. The van der Waals surface area contributed by atoms with Gasteiger partial charge < -0.3 is 34.7 Å². The zero-order chi connectivity index (χ0) is 34.9. The molecule has 1 fully saturated rings. The second-order valence-electron chi connectivity index (χ2n) is 12.3. The number of rotatable bonds is 20. The number of benzene rings is 1. The van der Waals surface area contributed by atoms with Crippen molar-refractivity contribution in [3.8, 4) is 10.4 Å². The van der Waals surface area contributed by atoms with Crippen molar-refractivity contribution < 1.29 is 38.4 Å². The first kappa shape index (κ1) is 39.0. The van der Waals surface area contributed by atoms with Gasteiger partial charge in [-0.2, -0.15) is 0 Å². The highest BCUT2D eigenvalue weighted by molar-refractivity contribution is 7.13. The summed E-state index contributed by atoms with van der Waals surface area (Å²) in [5.74, 6) is -1.51. The third kappa shape index (κ3) is 12.9. The molecule has 0 unspecified atom stereocenters. The molecular formula is C32H47N7O8S. The maximum atomic E-state index is 14.1. The van der Waals surface area contributed by atoms with Gasteiger partial charge in [-0.15, -0.1) is 11.3 Å². The minimum Gasteiger partial charge on any atom is -0.392 e. The maximum Gasteiger partial charge on any atom is 0.252 e. The van der Waals surface area contributed by atoms with Crippen molar-refractivity contribution in [1.29, 1.82) is 0 Å². The summed E-state index contributed by atoms with van der Waals surface area (Å²) in [6.07, 6.45) is -0.499. The Kier molecular flexibility index (Phi) is 16.4. The van der Waals surface area contributed by atoms with Crippen molar-refractivity contribution in [1.82, 2.24) is 20.5 Å². The lowest BCUT2D eigenvalue weighted by molar-refractivity contribution is -0.151. The average Bonchev–Trinajstić information content (AvgIpc) is 3.69. The van der Waals surface area contributed by atoms with Crippen molar-refractivity contribution in [3.63, 3.8) is 0 Å². The van der Waals surface area contributed by atoms with Crippen LogP contribution in [0.1, 0.15) is 38.4 Å². The number of aliphatic hydroxyl groups is 1. The van der Waals surface area contributed by atoms with Gasteiger partial charge in [0.1, 0.15) is 12.6 Å². The van der Waals surface area contributed by atoms with Crippen molar-refractivity contribution in [2.45, 2.75) is 58.8 Å². The van der Waals surface area contributed by atoms with Gasteiger partial charge in [0.2, 0.25) is 11.8 Å². The van der Waals surface area contributed by atoms with Gasteiger partial charge in [0.05, 0.1) is 81.0 Å². The number of imide groups is 1. The normalized spacial score (nSPS) is 16.7.